The molecule has 21 heavy (non-hydrogen) atoms. The van der Waals surface area contributed by atoms with Crippen LogP contribution in [0.5, 0.6) is 0 Å². The standard InChI is InChI=1S/C14H6ClF4NO/c15-8-2-4-12-11(6-8)20-13(21-12)7-1-3-9(10(16)5-7)14(17,18)19/h1-6H. The van der Waals surface area contributed by atoms with Crippen LogP contribution in [0.3, 0.4) is 0 Å². The summed E-state index contributed by atoms with van der Waals surface area (Å²) in [5, 5.41) is 0.445. The Labute approximate surface area is 121 Å². The fraction of sp³-hybridized carbons (Fsp3) is 0.0714. The molecule has 0 N–H and O–H groups in total. The third-order valence-corrected chi connectivity index (χ3v) is 3.11. The van der Waals surface area contributed by atoms with Crippen molar-refractivity contribution in [3.05, 3.63) is 52.8 Å². The Morgan fingerprint density at radius 2 is 1.81 bits per heavy atom. The van der Waals surface area contributed by atoms with Crippen molar-refractivity contribution in [3.8, 4) is 11.5 Å². The second-order valence-corrected chi connectivity index (χ2v) is 4.76. The lowest BCUT2D eigenvalue weighted by atomic mass is 10.1. The lowest BCUT2D eigenvalue weighted by molar-refractivity contribution is -0.139. The van der Waals surface area contributed by atoms with Crippen LogP contribution in [-0.2, 0) is 6.18 Å². The summed E-state index contributed by atoms with van der Waals surface area (Å²) >= 11 is 5.80. The number of alkyl halides is 3. The fourth-order valence-corrected chi connectivity index (χ4v) is 2.07. The van der Waals surface area contributed by atoms with Gasteiger partial charge in [0.1, 0.15) is 11.3 Å². The van der Waals surface area contributed by atoms with Crippen LogP contribution in [0.4, 0.5) is 17.6 Å². The molecule has 2 nitrogen and oxygen atoms in total. The number of fused-ring (bicyclic) bond motifs is 1. The lowest BCUT2D eigenvalue weighted by Gasteiger charge is -2.07. The normalized spacial score (nSPS) is 12.0. The van der Waals surface area contributed by atoms with E-state index in [1.807, 2.05) is 0 Å². The number of benzene rings is 2. The minimum absolute atomic E-state index is 0.0277. The van der Waals surface area contributed by atoms with Crippen molar-refractivity contribution in [2.24, 2.45) is 0 Å². The average molecular weight is 316 g/mol. The van der Waals surface area contributed by atoms with Gasteiger partial charge in [-0.05, 0) is 36.4 Å². The molecule has 3 rings (SSSR count). The first kappa shape index (κ1) is 13.9. The molecule has 0 aliphatic heterocycles. The zero-order valence-corrected chi connectivity index (χ0v) is 11.0. The quantitative estimate of drug-likeness (QED) is 0.569. The second kappa shape index (κ2) is 4.73. The van der Waals surface area contributed by atoms with Gasteiger partial charge in [-0.2, -0.15) is 13.2 Å². The third-order valence-electron chi connectivity index (χ3n) is 2.87. The molecule has 0 amide bonds. The van der Waals surface area contributed by atoms with Crippen molar-refractivity contribution >= 4 is 22.7 Å². The molecule has 108 valence electrons. The number of hydrogen-bond acceptors (Lipinski definition) is 2. The van der Waals surface area contributed by atoms with Gasteiger partial charge < -0.3 is 4.42 Å². The fourth-order valence-electron chi connectivity index (χ4n) is 1.90. The van der Waals surface area contributed by atoms with Gasteiger partial charge in [0.05, 0.1) is 5.56 Å². The average Bonchev–Trinajstić information content (AvgIpc) is 2.80. The molecule has 0 radical (unpaired) electrons. The van der Waals surface area contributed by atoms with E-state index in [0.29, 0.717) is 22.2 Å². The van der Waals surface area contributed by atoms with Gasteiger partial charge in [0.15, 0.2) is 5.58 Å². The SMILES string of the molecule is Fc1cc(-c2nc3cc(Cl)ccc3o2)ccc1C(F)(F)F. The molecule has 0 fully saturated rings. The van der Waals surface area contributed by atoms with Crippen LogP contribution >= 0.6 is 11.6 Å². The molecule has 0 aliphatic carbocycles. The Kier molecular flexibility index (Phi) is 3.13. The van der Waals surface area contributed by atoms with E-state index in [0.717, 1.165) is 12.1 Å². The van der Waals surface area contributed by atoms with Gasteiger partial charge in [-0.25, -0.2) is 9.37 Å². The Bertz CT molecular complexity index is 825. The number of aromatic nitrogens is 1. The maximum absolute atomic E-state index is 13.5. The molecule has 0 aliphatic rings. The highest BCUT2D eigenvalue weighted by atomic mass is 35.5. The van der Waals surface area contributed by atoms with Crippen LogP contribution in [-0.4, -0.2) is 4.98 Å². The van der Waals surface area contributed by atoms with Gasteiger partial charge in [-0.3, -0.25) is 0 Å². The van der Waals surface area contributed by atoms with Crippen LogP contribution in [0.1, 0.15) is 5.56 Å². The van der Waals surface area contributed by atoms with Crippen LogP contribution < -0.4 is 0 Å². The summed E-state index contributed by atoms with van der Waals surface area (Å²) in [6.07, 6.45) is -4.74. The van der Waals surface area contributed by atoms with Gasteiger partial charge in [-0.15, -0.1) is 0 Å². The zero-order valence-electron chi connectivity index (χ0n) is 10.2. The predicted molar refractivity (Wildman–Crippen MR) is 69.4 cm³/mol. The molecule has 0 atom stereocenters. The summed E-state index contributed by atoms with van der Waals surface area (Å²) in [6, 6.07) is 7.23. The van der Waals surface area contributed by atoms with Crippen molar-refractivity contribution in [1.29, 1.82) is 0 Å². The first-order valence-corrected chi connectivity index (χ1v) is 6.15. The van der Waals surface area contributed by atoms with Gasteiger partial charge in [0.25, 0.3) is 0 Å². The van der Waals surface area contributed by atoms with Crippen LogP contribution in [0.25, 0.3) is 22.6 Å². The smallest absolute Gasteiger partial charge is 0.419 e. The van der Waals surface area contributed by atoms with E-state index in [4.69, 9.17) is 16.0 Å². The summed E-state index contributed by atoms with van der Waals surface area (Å²) in [5.74, 6) is -1.35. The van der Waals surface area contributed by atoms with Crippen LogP contribution in [0.2, 0.25) is 5.02 Å². The van der Waals surface area contributed by atoms with E-state index in [1.54, 1.807) is 18.2 Å². The molecule has 0 spiro atoms. The molecule has 2 aromatic carbocycles. The summed E-state index contributed by atoms with van der Waals surface area (Å²) in [6.45, 7) is 0. The van der Waals surface area contributed by atoms with Gasteiger partial charge in [-0.1, -0.05) is 11.6 Å². The number of rotatable bonds is 1. The highest BCUT2D eigenvalue weighted by Gasteiger charge is 2.34. The van der Waals surface area contributed by atoms with Gasteiger partial charge in [0.2, 0.25) is 5.89 Å². The number of halogens is 5. The van der Waals surface area contributed by atoms with E-state index in [2.05, 4.69) is 4.98 Å². The summed E-state index contributed by atoms with van der Waals surface area (Å²) < 4.78 is 56.4. The van der Waals surface area contributed by atoms with Crippen molar-refractivity contribution in [2.75, 3.05) is 0 Å². The van der Waals surface area contributed by atoms with Crippen molar-refractivity contribution in [1.82, 2.24) is 4.98 Å². The zero-order chi connectivity index (χ0) is 15.2. The van der Waals surface area contributed by atoms with Crippen LogP contribution in [0, 0.1) is 5.82 Å². The van der Waals surface area contributed by atoms with Gasteiger partial charge in [0, 0.05) is 10.6 Å². The van der Waals surface area contributed by atoms with Crippen LogP contribution in [0.15, 0.2) is 40.8 Å². The topological polar surface area (TPSA) is 26.0 Å². The highest BCUT2D eigenvalue weighted by molar-refractivity contribution is 6.31. The summed E-state index contributed by atoms with van der Waals surface area (Å²) in [5.41, 5.74) is -0.356. The Morgan fingerprint density at radius 1 is 1.05 bits per heavy atom. The van der Waals surface area contributed by atoms with Crippen molar-refractivity contribution in [2.45, 2.75) is 6.18 Å². The van der Waals surface area contributed by atoms with E-state index in [-0.39, 0.29) is 11.5 Å². The monoisotopic (exact) mass is 315 g/mol. The molecule has 1 aromatic heterocycles. The predicted octanol–water partition coefficient (Wildman–Crippen LogP) is 5.31. The first-order chi connectivity index (χ1) is 9.84. The Balaban J connectivity index is 2.08. The molecular formula is C14H6ClF4NO. The molecule has 0 saturated heterocycles. The minimum atomic E-state index is -4.74. The Morgan fingerprint density at radius 3 is 2.48 bits per heavy atom. The van der Waals surface area contributed by atoms with Gasteiger partial charge >= 0.3 is 6.18 Å². The molecular weight excluding hydrogens is 310 g/mol. The maximum Gasteiger partial charge on any atom is 0.419 e. The first-order valence-electron chi connectivity index (χ1n) is 5.78. The van der Waals surface area contributed by atoms with Crippen molar-refractivity contribution < 1.29 is 22.0 Å². The third kappa shape index (κ3) is 2.58. The molecule has 7 heteroatoms. The molecule has 0 saturated carbocycles. The highest BCUT2D eigenvalue weighted by Crippen LogP contribution is 2.34. The number of nitrogens with zero attached hydrogens (tertiary/aromatic N) is 1. The minimum Gasteiger partial charge on any atom is -0.436 e. The molecule has 0 bridgehead atoms. The molecule has 3 aromatic rings. The summed E-state index contributed by atoms with van der Waals surface area (Å²) in [4.78, 5) is 4.08. The van der Waals surface area contributed by atoms with E-state index < -0.39 is 17.6 Å². The van der Waals surface area contributed by atoms with E-state index in [1.165, 1.54) is 0 Å². The second-order valence-electron chi connectivity index (χ2n) is 4.32. The molecule has 0 unspecified atom stereocenters. The Hall–Kier alpha value is -2.08. The van der Waals surface area contributed by atoms with E-state index in [9.17, 15) is 17.6 Å². The largest absolute Gasteiger partial charge is 0.436 e. The number of hydrogen-bond donors (Lipinski definition) is 0. The summed E-state index contributed by atoms with van der Waals surface area (Å²) in [7, 11) is 0. The lowest BCUT2D eigenvalue weighted by Crippen LogP contribution is -2.07. The number of oxazole rings is 1. The van der Waals surface area contributed by atoms with Crippen molar-refractivity contribution in [3.63, 3.8) is 0 Å². The molecule has 1 heterocycles. The van der Waals surface area contributed by atoms with E-state index >= 15 is 0 Å². The maximum atomic E-state index is 13.5.